The Labute approximate surface area is 108 Å². The van der Waals surface area contributed by atoms with Gasteiger partial charge in [0.2, 0.25) is 0 Å². The zero-order valence-corrected chi connectivity index (χ0v) is 11.5. The Morgan fingerprint density at radius 3 is 2.41 bits per heavy atom. The van der Waals surface area contributed by atoms with E-state index in [1.807, 2.05) is 26.8 Å². The molecule has 0 spiro atoms. The zero-order valence-electron chi connectivity index (χ0n) is 10.8. The number of hydrogen-bond donors (Lipinski definition) is 1. The molecule has 1 unspecified atom stereocenters. The highest BCUT2D eigenvalue weighted by atomic mass is 35.5. The number of hydrogen-bond acceptors (Lipinski definition) is 3. The minimum Gasteiger partial charge on any atom is -0.493 e. The fraction of sp³-hybridized carbons (Fsp3) is 0.538. The van der Waals surface area contributed by atoms with Gasteiger partial charge in [-0.05, 0) is 33.3 Å². The van der Waals surface area contributed by atoms with E-state index in [4.69, 9.17) is 26.8 Å². The third-order valence-corrected chi connectivity index (χ3v) is 2.43. The van der Waals surface area contributed by atoms with Gasteiger partial charge >= 0.3 is 0 Å². The lowest BCUT2D eigenvalue weighted by atomic mass is 10.1. The molecule has 1 aromatic carbocycles. The van der Waals surface area contributed by atoms with Crippen LogP contribution >= 0.6 is 11.6 Å². The van der Waals surface area contributed by atoms with Gasteiger partial charge in [0.05, 0.1) is 13.2 Å². The molecule has 0 saturated heterocycles. The van der Waals surface area contributed by atoms with E-state index in [2.05, 4.69) is 0 Å². The molecule has 96 valence electrons. The van der Waals surface area contributed by atoms with Crippen LogP contribution < -0.4 is 15.2 Å². The Hall–Kier alpha value is -0.930. The smallest absolute Gasteiger partial charge is 0.164 e. The van der Waals surface area contributed by atoms with Crippen molar-refractivity contribution in [2.45, 2.75) is 39.3 Å². The monoisotopic (exact) mass is 257 g/mol. The minimum absolute atomic E-state index is 0.0488. The number of rotatable bonds is 5. The summed E-state index contributed by atoms with van der Waals surface area (Å²) in [6.07, 6.45) is 0.788. The van der Waals surface area contributed by atoms with E-state index in [1.165, 1.54) is 0 Å². The summed E-state index contributed by atoms with van der Waals surface area (Å²) in [4.78, 5) is 0. The van der Waals surface area contributed by atoms with Crippen LogP contribution in [0.2, 0.25) is 5.02 Å². The average Bonchev–Trinajstić information content (AvgIpc) is 2.20. The summed E-state index contributed by atoms with van der Waals surface area (Å²) < 4.78 is 11.1. The van der Waals surface area contributed by atoms with Crippen LogP contribution in [0.1, 0.15) is 26.3 Å². The van der Waals surface area contributed by atoms with E-state index in [0.717, 1.165) is 11.3 Å². The van der Waals surface area contributed by atoms with Crippen LogP contribution in [0, 0.1) is 0 Å². The van der Waals surface area contributed by atoms with Crippen molar-refractivity contribution in [3.05, 3.63) is 22.7 Å². The molecule has 1 aromatic rings. The van der Waals surface area contributed by atoms with Crippen molar-refractivity contribution in [3.8, 4) is 11.5 Å². The van der Waals surface area contributed by atoms with Crippen molar-refractivity contribution >= 4 is 11.6 Å². The lowest BCUT2D eigenvalue weighted by Crippen LogP contribution is -2.19. The topological polar surface area (TPSA) is 44.5 Å². The van der Waals surface area contributed by atoms with Gasteiger partial charge in [-0.25, -0.2) is 0 Å². The lowest BCUT2D eigenvalue weighted by Gasteiger charge is -2.19. The molecule has 0 aliphatic carbocycles. The fourth-order valence-electron chi connectivity index (χ4n) is 1.64. The molecule has 0 radical (unpaired) electrons. The van der Waals surface area contributed by atoms with Gasteiger partial charge in [0.1, 0.15) is 0 Å². The van der Waals surface area contributed by atoms with Gasteiger partial charge in [-0.3, -0.25) is 0 Å². The van der Waals surface area contributed by atoms with Crippen LogP contribution in [0.3, 0.4) is 0 Å². The second kappa shape index (κ2) is 6.12. The molecular formula is C13H20ClNO2. The van der Waals surface area contributed by atoms with Crippen LogP contribution in [0.15, 0.2) is 12.1 Å². The van der Waals surface area contributed by atoms with Gasteiger partial charge in [-0.1, -0.05) is 11.6 Å². The van der Waals surface area contributed by atoms with Crippen LogP contribution in [0.5, 0.6) is 11.5 Å². The van der Waals surface area contributed by atoms with Crippen LogP contribution in [-0.2, 0) is 6.42 Å². The number of methoxy groups -OCH3 is 1. The molecule has 3 nitrogen and oxygen atoms in total. The maximum absolute atomic E-state index is 6.04. The molecule has 0 bridgehead atoms. The molecule has 0 aliphatic rings. The lowest BCUT2D eigenvalue weighted by molar-refractivity contribution is 0.227. The molecule has 2 N–H and O–H groups in total. The van der Waals surface area contributed by atoms with Gasteiger partial charge in [-0.15, -0.1) is 0 Å². The average molecular weight is 258 g/mol. The standard InChI is InChI=1S/C13H20ClNO2/c1-8(2)17-13-10(5-9(3)15)6-11(14)7-12(13)16-4/h6-9H,5,15H2,1-4H3. The van der Waals surface area contributed by atoms with Crippen molar-refractivity contribution < 1.29 is 9.47 Å². The molecule has 17 heavy (non-hydrogen) atoms. The van der Waals surface area contributed by atoms with E-state index < -0.39 is 0 Å². The van der Waals surface area contributed by atoms with Gasteiger partial charge in [0.15, 0.2) is 11.5 Å². The number of ether oxygens (including phenoxy) is 2. The molecule has 0 fully saturated rings. The predicted molar refractivity (Wildman–Crippen MR) is 71.1 cm³/mol. The van der Waals surface area contributed by atoms with Crippen molar-refractivity contribution in [2.75, 3.05) is 7.11 Å². The number of nitrogens with two attached hydrogens (primary N) is 1. The van der Waals surface area contributed by atoms with Crippen LogP contribution in [0.4, 0.5) is 0 Å². The highest BCUT2D eigenvalue weighted by Crippen LogP contribution is 2.36. The molecule has 0 saturated carbocycles. The third kappa shape index (κ3) is 4.10. The summed E-state index contributed by atoms with van der Waals surface area (Å²) in [5, 5.41) is 0.633. The number of halogens is 1. The van der Waals surface area contributed by atoms with Gasteiger partial charge in [-0.2, -0.15) is 0 Å². The maximum atomic E-state index is 6.04. The Kier molecular flexibility index (Phi) is 5.09. The summed E-state index contributed by atoms with van der Waals surface area (Å²) in [6.45, 7) is 5.90. The Morgan fingerprint density at radius 1 is 1.29 bits per heavy atom. The Morgan fingerprint density at radius 2 is 1.94 bits per heavy atom. The second-order valence-corrected chi connectivity index (χ2v) is 4.88. The highest BCUT2D eigenvalue weighted by molar-refractivity contribution is 6.30. The van der Waals surface area contributed by atoms with Gasteiger partial charge < -0.3 is 15.2 Å². The highest BCUT2D eigenvalue weighted by Gasteiger charge is 2.15. The van der Waals surface area contributed by atoms with E-state index in [0.29, 0.717) is 17.2 Å². The fourth-order valence-corrected chi connectivity index (χ4v) is 1.87. The first-order valence-corrected chi connectivity index (χ1v) is 6.10. The van der Waals surface area contributed by atoms with Crippen molar-refractivity contribution in [1.82, 2.24) is 0 Å². The van der Waals surface area contributed by atoms with Crippen LogP contribution in [-0.4, -0.2) is 19.3 Å². The summed E-state index contributed by atoms with van der Waals surface area (Å²) in [5.41, 5.74) is 6.81. The van der Waals surface area contributed by atoms with Crippen LogP contribution in [0.25, 0.3) is 0 Å². The van der Waals surface area contributed by atoms with Crippen molar-refractivity contribution in [2.24, 2.45) is 5.73 Å². The third-order valence-electron chi connectivity index (χ3n) is 2.21. The summed E-state index contributed by atoms with van der Waals surface area (Å²) in [6, 6.07) is 3.68. The summed E-state index contributed by atoms with van der Waals surface area (Å²) in [5.74, 6) is 1.39. The van der Waals surface area contributed by atoms with Crippen molar-refractivity contribution in [3.63, 3.8) is 0 Å². The normalized spacial score (nSPS) is 12.6. The number of benzene rings is 1. The molecule has 0 aliphatic heterocycles. The Balaban J connectivity index is 3.18. The molecule has 0 heterocycles. The minimum atomic E-state index is 0.0488. The molecule has 4 heteroatoms. The van der Waals surface area contributed by atoms with Gasteiger partial charge in [0, 0.05) is 22.7 Å². The van der Waals surface area contributed by atoms with E-state index in [1.54, 1.807) is 13.2 Å². The first-order valence-electron chi connectivity index (χ1n) is 5.72. The Bertz CT molecular complexity index is 378. The maximum Gasteiger partial charge on any atom is 0.164 e. The SMILES string of the molecule is COc1cc(Cl)cc(CC(C)N)c1OC(C)C. The first-order chi connectivity index (χ1) is 7.93. The molecule has 0 amide bonds. The van der Waals surface area contributed by atoms with Crippen molar-refractivity contribution in [1.29, 1.82) is 0 Å². The molecule has 0 aromatic heterocycles. The summed E-state index contributed by atoms with van der Waals surface area (Å²) >= 11 is 6.04. The quantitative estimate of drug-likeness (QED) is 0.882. The first kappa shape index (κ1) is 14.1. The zero-order chi connectivity index (χ0) is 13.0. The van der Waals surface area contributed by atoms with E-state index >= 15 is 0 Å². The molecule has 1 rings (SSSR count). The summed E-state index contributed by atoms with van der Waals surface area (Å²) in [7, 11) is 1.61. The van der Waals surface area contributed by atoms with E-state index in [9.17, 15) is 0 Å². The predicted octanol–water partition coefficient (Wildman–Crippen LogP) is 3.03. The molecular weight excluding hydrogens is 238 g/mol. The van der Waals surface area contributed by atoms with E-state index in [-0.39, 0.29) is 12.1 Å². The molecule has 1 atom stereocenters. The largest absolute Gasteiger partial charge is 0.493 e. The second-order valence-electron chi connectivity index (χ2n) is 4.44. The van der Waals surface area contributed by atoms with Gasteiger partial charge in [0.25, 0.3) is 0 Å².